The van der Waals surface area contributed by atoms with Crippen LogP contribution in [0.2, 0.25) is 0 Å². The van der Waals surface area contributed by atoms with E-state index in [1.54, 1.807) is 11.4 Å². The summed E-state index contributed by atoms with van der Waals surface area (Å²) >= 11 is 1.10. The Morgan fingerprint density at radius 1 is 1.16 bits per heavy atom. The molecule has 0 atom stereocenters. The van der Waals surface area contributed by atoms with Crippen LogP contribution in [0, 0.1) is 5.82 Å². The van der Waals surface area contributed by atoms with E-state index in [1.807, 2.05) is 0 Å². The zero-order valence-corrected chi connectivity index (χ0v) is 17.2. The average molecular weight is 461 g/mol. The minimum Gasteiger partial charge on any atom is -0.395 e. The molecule has 32 heavy (non-hydrogen) atoms. The lowest BCUT2D eigenvalue weighted by Gasteiger charge is -2.18. The highest BCUT2D eigenvalue weighted by atomic mass is 32.1. The number of halogens is 3. The van der Waals surface area contributed by atoms with Gasteiger partial charge in [-0.3, -0.25) is 14.5 Å². The van der Waals surface area contributed by atoms with E-state index in [0.29, 0.717) is 5.69 Å². The molecule has 1 N–H and O–H groups in total. The van der Waals surface area contributed by atoms with Crippen molar-refractivity contribution in [1.29, 1.82) is 0 Å². The van der Waals surface area contributed by atoms with E-state index in [4.69, 9.17) is 0 Å². The fourth-order valence-electron chi connectivity index (χ4n) is 2.87. The van der Waals surface area contributed by atoms with Crippen LogP contribution < -0.4 is 19.7 Å². The van der Waals surface area contributed by atoms with Crippen LogP contribution in [0.3, 0.4) is 0 Å². The number of nitrogens with one attached hydrogen (secondary N) is 1. The topological polar surface area (TPSA) is 80.8 Å². The van der Waals surface area contributed by atoms with Gasteiger partial charge in [0.25, 0.3) is 0 Å². The number of anilines is 3. The van der Waals surface area contributed by atoms with Gasteiger partial charge in [-0.25, -0.2) is 9.37 Å². The monoisotopic (exact) mass is 461 g/mol. The highest BCUT2D eigenvalue weighted by Crippen LogP contribution is 2.42. The molecule has 2 aromatic carbocycles. The molecule has 2 heterocycles. The van der Waals surface area contributed by atoms with Gasteiger partial charge in [0.05, 0.1) is 11.4 Å². The van der Waals surface area contributed by atoms with E-state index >= 15 is 0 Å². The van der Waals surface area contributed by atoms with Crippen LogP contribution in [0.4, 0.5) is 29.7 Å². The van der Waals surface area contributed by atoms with Crippen LogP contribution in [-0.2, 0) is 9.59 Å². The van der Waals surface area contributed by atoms with Crippen LogP contribution in [-0.4, -0.2) is 23.1 Å². The normalized spacial score (nSPS) is 13.9. The third-order valence-corrected chi connectivity index (χ3v) is 5.03. The number of benzene rings is 2. The minimum atomic E-state index is -3.75. The third kappa shape index (κ3) is 4.57. The Kier molecular flexibility index (Phi) is 5.57. The lowest BCUT2D eigenvalue weighted by molar-refractivity contribution is -0.286. The number of carbonyl (C=O) groups is 2. The molecule has 0 unspecified atom stereocenters. The molecule has 1 aromatic heterocycles. The molecule has 1 aliphatic rings. The van der Waals surface area contributed by atoms with E-state index in [2.05, 4.69) is 19.8 Å². The Morgan fingerprint density at radius 2 is 1.91 bits per heavy atom. The molecule has 1 aliphatic heterocycles. The molecule has 7 nitrogen and oxygen atoms in total. The van der Waals surface area contributed by atoms with Gasteiger partial charge in [-0.1, -0.05) is 12.1 Å². The minimum absolute atomic E-state index is 0.0657. The van der Waals surface area contributed by atoms with E-state index in [-0.39, 0.29) is 28.0 Å². The molecule has 0 fully saturated rings. The molecular formula is C21H14F3N3O4S. The second-order valence-electron chi connectivity index (χ2n) is 6.51. The summed E-state index contributed by atoms with van der Waals surface area (Å²) in [4.78, 5) is 29.6. The van der Waals surface area contributed by atoms with Gasteiger partial charge in [0.15, 0.2) is 16.6 Å². The van der Waals surface area contributed by atoms with Gasteiger partial charge in [0.1, 0.15) is 5.82 Å². The maximum atomic E-state index is 14.1. The highest BCUT2D eigenvalue weighted by molar-refractivity contribution is 7.14. The number of carbonyl (C=O) groups excluding carboxylic acids is 2. The number of hydrogen-bond acceptors (Lipinski definition) is 6. The summed E-state index contributed by atoms with van der Waals surface area (Å²) in [7, 11) is 0. The van der Waals surface area contributed by atoms with Gasteiger partial charge >= 0.3 is 6.29 Å². The van der Waals surface area contributed by atoms with Gasteiger partial charge in [-0.05, 0) is 30.3 Å². The number of nitrogens with zero attached hydrogens (tertiary/aromatic N) is 2. The van der Waals surface area contributed by atoms with Crippen molar-refractivity contribution in [2.75, 3.05) is 10.2 Å². The standard InChI is InChI=1S/C21H14F3N3O4S/c1-12(28)27(16-5-3-2-4-15(16)22)20-26-14(11-32-20)7-9-19(29)25-13-6-8-17-18(10-13)31-21(23,24)30-17/h2-11H,1H3,(H,25,29)/b9-7-. The smallest absolute Gasteiger partial charge is 0.395 e. The molecule has 0 radical (unpaired) electrons. The molecule has 2 amide bonds. The lowest BCUT2D eigenvalue weighted by Crippen LogP contribution is -2.25. The number of aromatic nitrogens is 1. The molecule has 0 aliphatic carbocycles. The second kappa shape index (κ2) is 8.35. The van der Waals surface area contributed by atoms with Crippen molar-refractivity contribution >= 4 is 45.7 Å². The molecule has 164 valence electrons. The maximum absolute atomic E-state index is 14.1. The van der Waals surface area contributed by atoms with Gasteiger partial charge in [0.2, 0.25) is 11.8 Å². The fraction of sp³-hybridized carbons (Fsp3) is 0.0952. The number of rotatable bonds is 5. The van der Waals surface area contributed by atoms with Gasteiger partial charge in [-0.15, -0.1) is 20.1 Å². The Balaban J connectivity index is 1.45. The SMILES string of the molecule is CC(=O)N(c1nc(/C=C\C(=O)Nc2ccc3c(c2)OC(F)(F)O3)cs1)c1ccccc1F. The Labute approximate surface area is 183 Å². The Hall–Kier alpha value is -3.86. The number of fused-ring (bicyclic) bond motifs is 1. The van der Waals surface area contributed by atoms with E-state index < -0.39 is 23.9 Å². The largest absolute Gasteiger partial charge is 0.586 e. The van der Waals surface area contributed by atoms with Crippen molar-refractivity contribution in [3.8, 4) is 11.5 Å². The molecule has 0 spiro atoms. The van der Waals surface area contributed by atoms with Gasteiger partial charge in [0, 0.05) is 30.1 Å². The van der Waals surface area contributed by atoms with Crippen LogP contribution in [0.1, 0.15) is 12.6 Å². The first-order chi connectivity index (χ1) is 15.2. The maximum Gasteiger partial charge on any atom is 0.586 e. The quantitative estimate of drug-likeness (QED) is 0.545. The predicted octanol–water partition coefficient (Wildman–Crippen LogP) is 4.94. The first kappa shape index (κ1) is 21.4. The average Bonchev–Trinajstić information content (AvgIpc) is 3.30. The van der Waals surface area contributed by atoms with Crippen molar-refractivity contribution in [2.45, 2.75) is 13.2 Å². The number of para-hydroxylation sites is 1. The van der Waals surface area contributed by atoms with Crippen LogP contribution in [0.5, 0.6) is 11.5 Å². The van der Waals surface area contributed by atoms with Crippen molar-refractivity contribution in [2.24, 2.45) is 0 Å². The predicted molar refractivity (Wildman–Crippen MR) is 112 cm³/mol. The molecular weight excluding hydrogens is 447 g/mol. The van der Waals surface area contributed by atoms with Crippen LogP contribution >= 0.6 is 11.3 Å². The molecule has 4 rings (SSSR count). The third-order valence-electron chi connectivity index (χ3n) is 4.18. The number of hydrogen-bond donors (Lipinski definition) is 1. The molecule has 0 saturated heterocycles. The molecule has 0 bridgehead atoms. The molecule has 0 saturated carbocycles. The van der Waals surface area contributed by atoms with Crippen molar-refractivity contribution in [3.63, 3.8) is 0 Å². The van der Waals surface area contributed by atoms with Crippen LogP contribution in [0.25, 0.3) is 6.08 Å². The summed E-state index contributed by atoms with van der Waals surface area (Å²) in [5.41, 5.74) is 0.657. The van der Waals surface area contributed by atoms with E-state index in [9.17, 15) is 22.8 Å². The van der Waals surface area contributed by atoms with Crippen molar-refractivity contribution < 1.29 is 32.2 Å². The summed E-state index contributed by atoms with van der Waals surface area (Å²) in [6, 6.07) is 9.66. The Bertz CT molecular complexity index is 1230. The first-order valence-corrected chi connectivity index (χ1v) is 9.99. The second-order valence-corrected chi connectivity index (χ2v) is 7.35. The van der Waals surface area contributed by atoms with E-state index in [1.165, 1.54) is 55.5 Å². The summed E-state index contributed by atoms with van der Waals surface area (Å²) in [5.74, 6) is -1.88. The van der Waals surface area contributed by atoms with E-state index in [0.717, 1.165) is 16.2 Å². The molecule has 11 heteroatoms. The first-order valence-electron chi connectivity index (χ1n) is 9.11. The number of amides is 2. The lowest BCUT2D eigenvalue weighted by atomic mass is 10.2. The van der Waals surface area contributed by atoms with Crippen molar-refractivity contribution in [3.05, 3.63) is 65.4 Å². The number of ether oxygens (including phenoxy) is 2. The number of thiazole rings is 1. The summed E-state index contributed by atoms with van der Waals surface area (Å²) in [5, 5.41) is 4.34. The molecule has 3 aromatic rings. The summed E-state index contributed by atoms with van der Waals surface area (Å²) < 4.78 is 48.9. The zero-order chi connectivity index (χ0) is 22.9. The highest BCUT2D eigenvalue weighted by Gasteiger charge is 2.43. The van der Waals surface area contributed by atoms with Crippen molar-refractivity contribution in [1.82, 2.24) is 4.98 Å². The summed E-state index contributed by atoms with van der Waals surface area (Å²) in [6.07, 6.45) is -1.17. The number of alkyl halides is 2. The Morgan fingerprint density at radius 3 is 2.66 bits per heavy atom. The zero-order valence-electron chi connectivity index (χ0n) is 16.3. The summed E-state index contributed by atoms with van der Waals surface area (Å²) in [6.45, 7) is 1.29. The van der Waals surface area contributed by atoms with Gasteiger partial charge < -0.3 is 14.8 Å². The van der Waals surface area contributed by atoms with Crippen LogP contribution in [0.15, 0.2) is 53.9 Å². The van der Waals surface area contributed by atoms with Gasteiger partial charge in [-0.2, -0.15) is 0 Å². The fourth-order valence-corrected chi connectivity index (χ4v) is 3.72.